The molecule has 0 spiro atoms. The van der Waals surface area contributed by atoms with Crippen LogP contribution < -0.4 is 9.62 Å². The van der Waals surface area contributed by atoms with Crippen LogP contribution in [-0.2, 0) is 26.2 Å². The lowest BCUT2D eigenvalue weighted by molar-refractivity contribution is -0.139. The predicted octanol–water partition coefficient (Wildman–Crippen LogP) is 4.74. The van der Waals surface area contributed by atoms with Crippen molar-refractivity contribution >= 4 is 50.7 Å². The van der Waals surface area contributed by atoms with Gasteiger partial charge < -0.3 is 10.2 Å². The molecule has 36 heavy (non-hydrogen) atoms. The number of hydrogen-bond acceptors (Lipinski definition) is 4. The molecule has 0 saturated carbocycles. The number of amides is 2. The Morgan fingerprint density at radius 1 is 0.889 bits per heavy atom. The van der Waals surface area contributed by atoms with Crippen LogP contribution in [0.25, 0.3) is 0 Å². The van der Waals surface area contributed by atoms with Gasteiger partial charge in [0.05, 0.1) is 15.6 Å². The third-order valence-electron chi connectivity index (χ3n) is 5.55. The first-order valence-corrected chi connectivity index (χ1v) is 13.5. The van der Waals surface area contributed by atoms with E-state index in [1.807, 2.05) is 0 Å². The highest BCUT2D eigenvalue weighted by Crippen LogP contribution is 2.30. The van der Waals surface area contributed by atoms with Gasteiger partial charge in [-0.15, -0.1) is 0 Å². The summed E-state index contributed by atoms with van der Waals surface area (Å²) in [5, 5.41) is 3.31. The van der Waals surface area contributed by atoms with Gasteiger partial charge in [0.15, 0.2) is 0 Å². The van der Waals surface area contributed by atoms with Gasteiger partial charge in [-0.1, -0.05) is 71.7 Å². The van der Waals surface area contributed by atoms with Crippen molar-refractivity contribution in [2.45, 2.75) is 31.3 Å². The van der Waals surface area contributed by atoms with Gasteiger partial charge in [-0.2, -0.15) is 0 Å². The molecular weight excluding hydrogens is 521 g/mol. The number of anilines is 1. The molecule has 3 rings (SSSR count). The fourth-order valence-electron chi connectivity index (χ4n) is 3.60. The minimum atomic E-state index is -4.17. The number of halogens is 2. The summed E-state index contributed by atoms with van der Waals surface area (Å²) in [5.74, 6) is -0.957. The van der Waals surface area contributed by atoms with Crippen LogP contribution in [-0.4, -0.2) is 44.3 Å². The van der Waals surface area contributed by atoms with E-state index in [2.05, 4.69) is 5.32 Å². The van der Waals surface area contributed by atoms with Crippen LogP contribution in [0.2, 0.25) is 10.0 Å². The number of nitrogens with zero attached hydrogens (tertiary/aromatic N) is 2. The van der Waals surface area contributed by atoms with Crippen LogP contribution in [0.15, 0.2) is 83.8 Å². The van der Waals surface area contributed by atoms with Crippen molar-refractivity contribution in [3.05, 3.63) is 94.5 Å². The van der Waals surface area contributed by atoms with E-state index >= 15 is 0 Å². The topological polar surface area (TPSA) is 86.8 Å². The van der Waals surface area contributed by atoms with Crippen molar-refractivity contribution in [1.82, 2.24) is 10.2 Å². The molecule has 0 aromatic heterocycles. The second-order valence-corrected chi connectivity index (χ2v) is 10.6. The molecule has 10 heteroatoms. The molecule has 1 N–H and O–H groups in total. The second-order valence-electron chi connectivity index (χ2n) is 7.96. The molecule has 0 radical (unpaired) electrons. The van der Waals surface area contributed by atoms with Gasteiger partial charge in [0, 0.05) is 18.1 Å². The number of carbonyl (C=O) groups excluding carboxylic acids is 2. The molecule has 1 unspecified atom stereocenters. The molecule has 0 aliphatic carbocycles. The fourth-order valence-corrected chi connectivity index (χ4v) is 5.54. The molecule has 0 bridgehead atoms. The van der Waals surface area contributed by atoms with Gasteiger partial charge in [0.1, 0.15) is 12.6 Å². The zero-order valence-electron chi connectivity index (χ0n) is 19.9. The first-order chi connectivity index (χ1) is 17.2. The minimum Gasteiger partial charge on any atom is -0.355 e. The maximum Gasteiger partial charge on any atom is 0.264 e. The SMILES string of the molecule is CCNC(=O)C(C)N(Cc1ccccc1Cl)C(=O)CN(c1ccccc1Cl)S(=O)(=O)c1ccccc1. The third kappa shape index (κ3) is 6.37. The van der Waals surface area contributed by atoms with Crippen molar-refractivity contribution in [2.75, 3.05) is 17.4 Å². The quantitative estimate of drug-likeness (QED) is 0.397. The first kappa shape index (κ1) is 27.5. The summed E-state index contributed by atoms with van der Waals surface area (Å²) < 4.78 is 28.3. The zero-order valence-corrected chi connectivity index (χ0v) is 22.2. The fraction of sp³-hybridized carbons (Fsp3) is 0.231. The molecule has 3 aromatic rings. The molecule has 3 aromatic carbocycles. The summed E-state index contributed by atoms with van der Waals surface area (Å²) in [4.78, 5) is 27.8. The van der Waals surface area contributed by atoms with E-state index in [9.17, 15) is 18.0 Å². The lowest BCUT2D eigenvalue weighted by atomic mass is 10.1. The first-order valence-electron chi connectivity index (χ1n) is 11.3. The Bertz CT molecular complexity index is 1320. The zero-order chi connectivity index (χ0) is 26.3. The number of rotatable bonds is 10. The van der Waals surface area contributed by atoms with Crippen molar-refractivity contribution < 1.29 is 18.0 Å². The van der Waals surface area contributed by atoms with Crippen LogP contribution in [0, 0.1) is 0 Å². The van der Waals surface area contributed by atoms with Crippen LogP contribution >= 0.6 is 23.2 Å². The highest BCUT2D eigenvalue weighted by molar-refractivity contribution is 7.92. The van der Waals surface area contributed by atoms with E-state index < -0.39 is 28.5 Å². The van der Waals surface area contributed by atoms with Gasteiger partial charge in [-0.05, 0) is 49.7 Å². The van der Waals surface area contributed by atoms with Gasteiger partial charge in [0.2, 0.25) is 11.8 Å². The normalized spacial score (nSPS) is 12.0. The molecular formula is C26H27Cl2N3O4S. The molecule has 1 atom stereocenters. The monoisotopic (exact) mass is 547 g/mol. The van der Waals surface area contributed by atoms with E-state index in [-0.39, 0.29) is 28.1 Å². The van der Waals surface area contributed by atoms with Crippen molar-refractivity contribution in [3.63, 3.8) is 0 Å². The van der Waals surface area contributed by atoms with E-state index in [0.29, 0.717) is 17.1 Å². The van der Waals surface area contributed by atoms with Crippen molar-refractivity contribution in [3.8, 4) is 0 Å². The highest BCUT2D eigenvalue weighted by atomic mass is 35.5. The Hall–Kier alpha value is -3.07. The number of likely N-dealkylation sites (N-methyl/N-ethyl adjacent to an activating group) is 1. The molecule has 0 fully saturated rings. The summed E-state index contributed by atoms with van der Waals surface area (Å²) in [6, 6.07) is 20.3. The Balaban J connectivity index is 2.04. The molecule has 0 heterocycles. The summed E-state index contributed by atoms with van der Waals surface area (Å²) in [6.45, 7) is 3.18. The van der Waals surface area contributed by atoms with Gasteiger partial charge >= 0.3 is 0 Å². The van der Waals surface area contributed by atoms with E-state index in [0.717, 1.165) is 4.31 Å². The number of benzene rings is 3. The molecule has 2 amide bonds. The van der Waals surface area contributed by atoms with Gasteiger partial charge in [-0.25, -0.2) is 8.42 Å². The summed E-state index contributed by atoms with van der Waals surface area (Å²) >= 11 is 12.7. The number of carbonyl (C=O) groups is 2. The Labute approximate surface area is 221 Å². The number of hydrogen-bond donors (Lipinski definition) is 1. The molecule has 0 aliphatic heterocycles. The highest BCUT2D eigenvalue weighted by Gasteiger charge is 2.33. The summed E-state index contributed by atoms with van der Waals surface area (Å²) in [5.41, 5.74) is 0.776. The van der Waals surface area contributed by atoms with Gasteiger partial charge in [0.25, 0.3) is 10.0 Å². The second kappa shape index (κ2) is 12.3. The molecule has 7 nitrogen and oxygen atoms in total. The number of nitrogens with one attached hydrogen (secondary N) is 1. The lowest BCUT2D eigenvalue weighted by Gasteiger charge is -2.32. The van der Waals surface area contributed by atoms with E-state index in [4.69, 9.17) is 23.2 Å². The minimum absolute atomic E-state index is 0.00662. The van der Waals surface area contributed by atoms with Crippen LogP contribution in [0.5, 0.6) is 0 Å². The Morgan fingerprint density at radius 3 is 2.08 bits per heavy atom. The lowest BCUT2D eigenvalue weighted by Crippen LogP contribution is -2.51. The average molecular weight is 548 g/mol. The Morgan fingerprint density at radius 2 is 1.47 bits per heavy atom. The molecule has 190 valence electrons. The number of para-hydroxylation sites is 1. The van der Waals surface area contributed by atoms with E-state index in [1.165, 1.54) is 23.1 Å². The summed E-state index contributed by atoms with van der Waals surface area (Å²) in [6.07, 6.45) is 0. The van der Waals surface area contributed by atoms with E-state index in [1.54, 1.807) is 74.5 Å². The van der Waals surface area contributed by atoms with Crippen LogP contribution in [0.3, 0.4) is 0 Å². The van der Waals surface area contributed by atoms with Crippen molar-refractivity contribution in [1.29, 1.82) is 0 Å². The largest absolute Gasteiger partial charge is 0.355 e. The molecule has 0 saturated heterocycles. The van der Waals surface area contributed by atoms with Crippen molar-refractivity contribution in [2.24, 2.45) is 0 Å². The summed E-state index contributed by atoms with van der Waals surface area (Å²) in [7, 11) is -4.17. The average Bonchev–Trinajstić information content (AvgIpc) is 2.87. The number of sulfonamides is 1. The Kier molecular flexibility index (Phi) is 9.37. The van der Waals surface area contributed by atoms with Gasteiger partial charge in [-0.3, -0.25) is 13.9 Å². The maximum absolute atomic E-state index is 13.7. The van der Waals surface area contributed by atoms with Crippen LogP contribution in [0.1, 0.15) is 19.4 Å². The standard InChI is InChI=1S/C26H27Cl2N3O4S/c1-3-29-26(33)19(2)30(17-20-11-7-8-14-22(20)27)25(32)18-31(24-16-10-9-15-23(24)28)36(34,35)21-12-5-4-6-13-21/h4-16,19H,3,17-18H2,1-2H3,(H,29,33). The third-order valence-corrected chi connectivity index (χ3v) is 8.01. The smallest absolute Gasteiger partial charge is 0.264 e. The molecule has 0 aliphatic rings. The van der Waals surface area contributed by atoms with Crippen LogP contribution in [0.4, 0.5) is 5.69 Å². The maximum atomic E-state index is 13.7. The predicted molar refractivity (Wildman–Crippen MR) is 143 cm³/mol.